The van der Waals surface area contributed by atoms with Crippen LogP contribution in [0.15, 0.2) is 0 Å². The molecule has 98 valence electrons. The van der Waals surface area contributed by atoms with E-state index in [-0.39, 0.29) is 5.91 Å². The smallest absolute Gasteiger partial charge is 0.228 e. The fourth-order valence-electron chi connectivity index (χ4n) is 2.39. The van der Waals surface area contributed by atoms with Gasteiger partial charge in [0, 0.05) is 32.1 Å². The summed E-state index contributed by atoms with van der Waals surface area (Å²) < 4.78 is 0. The number of carbonyl (C=O) groups excluding carboxylic acids is 1. The van der Waals surface area contributed by atoms with E-state index >= 15 is 0 Å². The summed E-state index contributed by atoms with van der Waals surface area (Å²) in [5.41, 5.74) is 5.89. The van der Waals surface area contributed by atoms with Crippen LogP contribution in [0.4, 0.5) is 10.3 Å². The minimum atomic E-state index is 0.165. The average molecular weight is 267 g/mol. The van der Waals surface area contributed by atoms with Crippen molar-refractivity contribution < 1.29 is 4.79 Å². The molecule has 2 aliphatic heterocycles. The first-order chi connectivity index (χ1) is 8.74. The molecule has 0 radical (unpaired) electrons. The second-order valence-electron chi connectivity index (χ2n) is 4.84. The molecule has 3 rings (SSSR count). The summed E-state index contributed by atoms with van der Waals surface area (Å²) in [7, 11) is 0. The Bertz CT molecular complexity index is 440. The Balaban J connectivity index is 1.71. The zero-order valence-electron chi connectivity index (χ0n) is 10.2. The second kappa shape index (κ2) is 4.81. The molecule has 3 heterocycles. The molecule has 1 aromatic rings. The van der Waals surface area contributed by atoms with Crippen LogP contribution in [-0.2, 0) is 4.79 Å². The molecule has 1 amide bonds. The van der Waals surface area contributed by atoms with Gasteiger partial charge in [-0.15, -0.1) is 10.2 Å². The number of rotatable bonds is 2. The van der Waals surface area contributed by atoms with E-state index in [9.17, 15) is 4.79 Å². The molecular weight excluding hydrogens is 250 g/mol. The Morgan fingerprint density at radius 2 is 1.89 bits per heavy atom. The van der Waals surface area contributed by atoms with E-state index in [1.54, 1.807) is 4.90 Å². The predicted octanol–water partition coefficient (Wildman–Crippen LogP) is 0.592. The van der Waals surface area contributed by atoms with Crippen molar-refractivity contribution in [1.82, 2.24) is 10.2 Å². The lowest BCUT2D eigenvalue weighted by Gasteiger charge is -2.29. The van der Waals surface area contributed by atoms with Crippen LogP contribution in [0.5, 0.6) is 0 Å². The third-order valence-corrected chi connectivity index (χ3v) is 4.53. The first-order valence-electron chi connectivity index (χ1n) is 6.38. The van der Waals surface area contributed by atoms with Gasteiger partial charge in [0.1, 0.15) is 0 Å². The molecule has 0 bridgehead atoms. The lowest BCUT2D eigenvalue weighted by molar-refractivity contribution is -0.117. The summed E-state index contributed by atoms with van der Waals surface area (Å²) in [5, 5.41) is 10.00. The Kier molecular flexibility index (Phi) is 3.17. The molecule has 0 unspecified atom stereocenters. The highest BCUT2D eigenvalue weighted by molar-refractivity contribution is 7.19. The minimum Gasteiger partial charge on any atom is -0.346 e. The number of carbonyl (C=O) groups is 1. The van der Waals surface area contributed by atoms with Gasteiger partial charge in [-0.2, -0.15) is 0 Å². The maximum atomic E-state index is 11.6. The van der Waals surface area contributed by atoms with E-state index in [1.165, 1.54) is 11.3 Å². The topological polar surface area (TPSA) is 75.3 Å². The predicted molar refractivity (Wildman–Crippen MR) is 70.9 cm³/mol. The third kappa shape index (κ3) is 2.20. The lowest BCUT2D eigenvalue weighted by Crippen LogP contribution is -2.39. The standard InChI is InChI=1S/C11H17N5OS/c12-8-3-6-15(7-4-8)10-13-14-11(18-10)16-5-1-2-9(16)17/h8H,1-7,12H2. The van der Waals surface area contributed by atoms with Gasteiger partial charge >= 0.3 is 0 Å². The summed E-state index contributed by atoms with van der Waals surface area (Å²) >= 11 is 1.51. The molecule has 1 aromatic heterocycles. The van der Waals surface area contributed by atoms with Crippen LogP contribution in [0.2, 0.25) is 0 Å². The van der Waals surface area contributed by atoms with Crippen molar-refractivity contribution in [3.8, 4) is 0 Å². The van der Waals surface area contributed by atoms with Crippen LogP contribution in [0.1, 0.15) is 25.7 Å². The molecule has 0 atom stereocenters. The van der Waals surface area contributed by atoms with Crippen LogP contribution in [-0.4, -0.2) is 41.8 Å². The number of hydrogen-bond acceptors (Lipinski definition) is 6. The van der Waals surface area contributed by atoms with Crippen LogP contribution in [0, 0.1) is 0 Å². The van der Waals surface area contributed by atoms with E-state index < -0.39 is 0 Å². The van der Waals surface area contributed by atoms with Gasteiger partial charge in [0.05, 0.1) is 0 Å². The van der Waals surface area contributed by atoms with Crippen LogP contribution in [0.3, 0.4) is 0 Å². The number of nitrogens with two attached hydrogens (primary N) is 1. The summed E-state index contributed by atoms with van der Waals surface area (Å²) in [6.07, 6.45) is 3.55. The van der Waals surface area contributed by atoms with Crippen molar-refractivity contribution in [1.29, 1.82) is 0 Å². The zero-order chi connectivity index (χ0) is 12.5. The number of anilines is 2. The quantitative estimate of drug-likeness (QED) is 0.849. The monoisotopic (exact) mass is 267 g/mol. The molecule has 6 nitrogen and oxygen atoms in total. The van der Waals surface area contributed by atoms with Gasteiger partial charge in [-0.1, -0.05) is 11.3 Å². The molecule has 2 saturated heterocycles. The van der Waals surface area contributed by atoms with Gasteiger partial charge in [0.25, 0.3) is 0 Å². The number of hydrogen-bond donors (Lipinski definition) is 1. The summed E-state index contributed by atoms with van der Waals surface area (Å²) in [4.78, 5) is 15.6. The molecule has 0 saturated carbocycles. The molecule has 2 N–H and O–H groups in total. The maximum Gasteiger partial charge on any atom is 0.228 e. The summed E-state index contributed by atoms with van der Waals surface area (Å²) in [6, 6.07) is 0.314. The largest absolute Gasteiger partial charge is 0.346 e. The number of aromatic nitrogens is 2. The molecule has 0 spiro atoms. The van der Waals surface area contributed by atoms with Crippen molar-refractivity contribution >= 4 is 27.5 Å². The Morgan fingerprint density at radius 3 is 2.56 bits per heavy atom. The van der Waals surface area contributed by atoms with Gasteiger partial charge in [-0.3, -0.25) is 9.69 Å². The summed E-state index contributed by atoms with van der Waals surface area (Å²) in [6.45, 7) is 2.64. The molecular formula is C11H17N5OS. The minimum absolute atomic E-state index is 0.165. The van der Waals surface area contributed by atoms with E-state index in [2.05, 4.69) is 15.1 Å². The Hall–Kier alpha value is -1.21. The van der Waals surface area contributed by atoms with Crippen LogP contribution < -0.4 is 15.5 Å². The first kappa shape index (κ1) is 11.9. The van der Waals surface area contributed by atoms with Crippen molar-refractivity contribution in [2.45, 2.75) is 31.7 Å². The SMILES string of the molecule is NC1CCN(c2nnc(N3CCCC3=O)s2)CC1. The second-order valence-corrected chi connectivity index (χ2v) is 5.78. The van der Waals surface area contributed by atoms with E-state index in [0.717, 1.165) is 49.2 Å². The van der Waals surface area contributed by atoms with Crippen molar-refractivity contribution in [3.63, 3.8) is 0 Å². The van der Waals surface area contributed by atoms with Crippen molar-refractivity contribution in [2.24, 2.45) is 5.73 Å². The highest BCUT2D eigenvalue weighted by Gasteiger charge is 2.26. The highest BCUT2D eigenvalue weighted by Crippen LogP contribution is 2.30. The number of nitrogens with zero attached hydrogens (tertiary/aromatic N) is 4. The third-order valence-electron chi connectivity index (χ3n) is 3.52. The lowest BCUT2D eigenvalue weighted by atomic mass is 10.1. The number of amides is 1. The van der Waals surface area contributed by atoms with Crippen LogP contribution >= 0.6 is 11.3 Å². The summed E-state index contributed by atoms with van der Waals surface area (Å²) in [5.74, 6) is 0.165. The van der Waals surface area contributed by atoms with E-state index in [1.807, 2.05) is 0 Å². The first-order valence-corrected chi connectivity index (χ1v) is 7.20. The zero-order valence-corrected chi connectivity index (χ0v) is 11.0. The Labute approximate surface area is 110 Å². The van der Waals surface area contributed by atoms with Crippen molar-refractivity contribution in [3.05, 3.63) is 0 Å². The van der Waals surface area contributed by atoms with Gasteiger partial charge < -0.3 is 10.6 Å². The van der Waals surface area contributed by atoms with E-state index in [0.29, 0.717) is 12.5 Å². The fourth-order valence-corrected chi connectivity index (χ4v) is 3.33. The average Bonchev–Trinajstić information content (AvgIpc) is 2.98. The van der Waals surface area contributed by atoms with Crippen LogP contribution in [0.25, 0.3) is 0 Å². The van der Waals surface area contributed by atoms with E-state index in [4.69, 9.17) is 5.73 Å². The molecule has 2 fully saturated rings. The highest BCUT2D eigenvalue weighted by atomic mass is 32.1. The van der Waals surface area contributed by atoms with Gasteiger partial charge in [0.2, 0.25) is 16.2 Å². The molecule has 7 heteroatoms. The molecule has 2 aliphatic rings. The Morgan fingerprint density at radius 1 is 1.17 bits per heavy atom. The van der Waals surface area contributed by atoms with Gasteiger partial charge in [0.15, 0.2) is 0 Å². The molecule has 0 aliphatic carbocycles. The molecule has 0 aromatic carbocycles. The van der Waals surface area contributed by atoms with Gasteiger partial charge in [-0.25, -0.2) is 0 Å². The fraction of sp³-hybridized carbons (Fsp3) is 0.727. The number of piperidine rings is 1. The normalized spacial score (nSPS) is 21.9. The van der Waals surface area contributed by atoms with Gasteiger partial charge in [-0.05, 0) is 19.3 Å². The van der Waals surface area contributed by atoms with Crippen molar-refractivity contribution in [2.75, 3.05) is 29.4 Å². The molecule has 18 heavy (non-hydrogen) atoms. The maximum absolute atomic E-state index is 11.6.